The summed E-state index contributed by atoms with van der Waals surface area (Å²) in [4.78, 5) is 7.03. The molecule has 2 aliphatic rings. The van der Waals surface area contributed by atoms with Crippen molar-refractivity contribution in [2.45, 2.75) is 32.9 Å². The number of halogens is 1. The molecule has 5 nitrogen and oxygen atoms in total. The first-order chi connectivity index (χ1) is 8.31. The number of nitrogens with zero attached hydrogens (tertiary/aromatic N) is 4. The van der Waals surface area contributed by atoms with Crippen molar-refractivity contribution in [3.8, 4) is 0 Å². The van der Waals surface area contributed by atoms with Crippen LogP contribution in [0, 0.1) is 12.8 Å². The maximum Gasteiger partial charge on any atom is 0.147 e. The fourth-order valence-corrected chi connectivity index (χ4v) is 2.90. The minimum atomic E-state index is 0. The zero-order chi connectivity index (χ0) is 11.7. The smallest absolute Gasteiger partial charge is 0.147 e. The molecule has 1 aromatic heterocycles. The Kier molecular flexibility index (Phi) is 4.59. The highest BCUT2D eigenvalue weighted by atomic mass is 35.5. The van der Waals surface area contributed by atoms with Gasteiger partial charge >= 0.3 is 0 Å². The van der Waals surface area contributed by atoms with Gasteiger partial charge < -0.3 is 5.32 Å². The zero-order valence-electron chi connectivity index (χ0n) is 10.9. The standard InChI is InChI=1S/C12H21N5.ClH/c1-10-14-12-9-16(6-7-17(12)15-10)8-11-2-4-13-5-3-11;/h11,13H,2-9H2,1H3;1H. The lowest BCUT2D eigenvalue weighted by molar-refractivity contribution is 0.163. The van der Waals surface area contributed by atoms with Crippen LogP contribution >= 0.6 is 12.4 Å². The molecular formula is C12H22ClN5. The molecule has 3 rings (SSSR count). The largest absolute Gasteiger partial charge is 0.317 e. The summed E-state index contributed by atoms with van der Waals surface area (Å²) in [7, 11) is 0. The van der Waals surface area contributed by atoms with Crippen LogP contribution in [0.25, 0.3) is 0 Å². The molecule has 0 aromatic carbocycles. The van der Waals surface area contributed by atoms with Crippen LogP contribution in [0.3, 0.4) is 0 Å². The van der Waals surface area contributed by atoms with Gasteiger partial charge in [0.1, 0.15) is 11.6 Å². The molecule has 1 N–H and O–H groups in total. The third-order valence-corrected chi connectivity index (χ3v) is 3.82. The lowest BCUT2D eigenvalue weighted by Crippen LogP contribution is -2.40. The molecule has 0 spiro atoms. The Morgan fingerprint density at radius 1 is 1.28 bits per heavy atom. The number of piperidine rings is 1. The number of hydrogen-bond donors (Lipinski definition) is 1. The first kappa shape index (κ1) is 13.8. The van der Waals surface area contributed by atoms with Crippen molar-refractivity contribution in [3.63, 3.8) is 0 Å². The average Bonchev–Trinajstić information content (AvgIpc) is 2.70. The van der Waals surface area contributed by atoms with Gasteiger partial charge in [-0.15, -0.1) is 12.4 Å². The van der Waals surface area contributed by atoms with Crippen molar-refractivity contribution in [3.05, 3.63) is 11.6 Å². The van der Waals surface area contributed by atoms with Crippen LogP contribution in [0.2, 0.25) is 0 Å². The second-order valence-electron chi connectivity index (χ2n) is 5.23. The van der Waals surface area contributed by atoms with Crippen LogP contribution in [-0.4, -0.2) is 45.8 Å². The van der Waals surface area contributed by atoms with Gasteiger partial charge in [0.15, 0.2) is 0 Å². The van der Waals surface area contributed by atoms with E-state index in [9.17, 15) is 0 Å². The third-order valence-electron chi connectivity index (χ3n) is 3.82. The summed E-state index contributed by atoms with van der Waals surface area (Å²) < 4.78 is 2.06. The van der Waals surface area contributed by atoms with E-state index in [1.54, 1.807) is 0 Å². The fraction of sp³-hybridized carbons (Fsp3) is 0.833. The predicted octanol–water partition coefficient (Wildman–Crippen LogP) is 0.824. The Morgan fingerprint density at radius 2 is 2.06 bits per heavy atom. The van der Waals surface area contributed by atoms with E-state index in [1.807, 2.05) is 6.92 Å². The van der Waals surface area contributed by atoms with Crippen molar-refractivity contribution in [1.82, 2.24) is 25.0 Å². The van der Waals surface area contributed by atoms with E-state index in [4.69, 9.17) is 0 Å². The molecule has 18 heavy (non-hydrogen) atoms. The molecule has 0 aliphatic carbocycles. The van der Waals surface area contributed by atoms with Gasteiger partial charge in [0.05, 0.1) is 13.1 Å². The Balaban J connectivity index is 0.00000120. The Morgan fingerprint density at radius 3 is 2.83 bits per heavy atom. The SMILES string of the molecule is Cc1nc2n(n1)CCN(CC1CCNCC1)C2.Cl. The van der Waals surface area contributed by atoms with E-state index in [1.165, 1.54) is 32.5 Å². The predicted molar refractivity (Wildman–Crippen MR) is 72.9 cm³/mol. The van der Waals surface area contributed by atoms with Crippen molar-refractivity contribution in [2.24, 2.45) is 5.92 Å². The topological polar surface area (TPSA) is 46.0 Å². The minimum Gasteiger partial charge on any atom is -0.317 e. The number of aromatic nitrogens is 3. The second-order valence-corrected chi connectivity index (χ2v) is 5.23. The molecule has 0 radical (unpaired) electrons. The maximum atomic E-state index is 4.49. The van der Waals surface area contributed by atoms with E-state index >= 15 is 0 Å². The van der Waals surface area contributed by atoms with Gasteiger partial charge in [-0.25, -0.2) is 9.67 Å². The number of aryl methyl sites for hydroxylation is 1. The van der Waals surface area contributed by atoms with E-state index in [0.29, 0.717) is 0 Å². The van der Waals surface area contributed by atoms with Gasteiger partial charge in [0.2, 0.25) is 0 Å². The molecule has 6 heteroatoms. The molecule has 2 aliphatic heterocycles. The molecule has 1 aromatic rings. The van der Waals surface area contributed by atoms with Crippen LogP contribution in [0.1, 0.15) is 24.5 Å². The van der Waals surface area contributed by atoms with Gasteiger partial charge in [-0.05, 0) is 38.8 Å². The van der Waals surface area contributed by atoms with E-state index in [-0.39, 0.29) is 12.4 Å². The van der Waals surface area contributed by atoms with Crippen molar-refractivity contribution < 1.29 is 0 Å². The summed E-state index contributed by atoms with van der Waals surface area (Å²) in [6, 6.07) is 0. The number of fused-ring (bicyclic) bond motifs is 1. The summed E-state index contributed by atoms with van der Waals surface area (Å²) in [5.74, 6) is 2.92. The van der Waals surface area contributed by atoms with Gasteiger partial charge in [0, 0.05) is 13.1 Å². The molecule has 3 heterocycles. The molecule has 0 unspecified atom stereocenters. The minimum absolute atomic E-state index is 0. The molecule has 0 bridgehead atoms. The molecular weight excluding hydrogens is 250 g/mol. The third kappa shape index (κ3) is 3.02. The van der Waals surface area contributed by atoms with Crippen LogP contribution in [0.5, 0.6) is 0 Å². The monoisotopic (exact) mass is 271 g/mol. The highest BCUT2D eigenvalue weighted by Crippen LogP contribution is 2.17. The molecule has 0 amide bonds. The first-order valence-electron chi connectivity index (χ1n) is 6.64. The summed E-state index contributed by atoms with van der Waals surface area (Å²) in [5.41, 5.74) is 0. The van der Waals surface area contributed by atoms with Crippen LogP contribution in [-0.2, 0) is 13.1 Å². The van der Waals surface area contributed by atoms with Gasteiger partial charge in [0.25, 0.3) is 0 Å². The number of nitrogens with one attached hydrogen (secondary N) is 1. The lowest BCUT2D eigenvalue weighted by Gasteiger charge is -2.32. The summed E-state index contributed by atoms with van der Waals surface area (Å²) in [6.07, 6.45) is 2.64. The zero-order valence-corrected chi connectivity index (χ0v) is 11.7. The lowest BCUT2D eigenvalue weighted by atomic mass is 9.97. The van der Waals surface area contributed by atoms with Gasteiger partial charge in [-0.2, -0.15) is 5.10 Å². The van der Waals surface area contributed by atoms with Crippen LogP contribution in [0.4, 0.5) is 0 Å². The van der Waals surface area contributed by atoms with Crippen molar-refractivity contribution >= 4 is 12.4 Å². The van der Waals surface area contributed by atoms with E-state index < -0.39 is 0 Å². The summed E-state index contributed by atoms with van der Waals surface area (Å²) in [5, 5.41) is 7.83. The molecule has 0 saturated carbocycles. The molecule has 0 atom stereocenters. The Hall–Kier alpha value is -0.650. The van der Waals surface area contributed by atoms with Gasteiger partial charge in [-0.3, -0.25) is 4.90 Å². The molecule has 1 saturated heterocycles. The highest BCUT2D eigenvalue weighted by Gasteiger charge is 2.22. The highest BCUT2D eigenvalue weighted by molar-refractivity contribution is 5.85. The van der Waals surface area contributed by atoms with Crippen molar-refractivity contribution in [1.29, 1.82) is 0 Å². The summed E-state index contributed by atoms with van der Waals surface area (Å²) >= 11 is 0. The number of hydrogen-bond acceptors (Lipinski definition) is 4. The fourth-order valence-electron chi connectivity index (χ4n) is 2.90. The summed E-state index contributed by atoms with van der Waals surface area (Å²) in [6.45, 7) is 8.68. The van der Waals surface area contributed by atoms with Crippen molar-refractivity contribution in [2.75, 3.05) is 26.2 Å². The normalized spacial score (nSPS) is 21.4. The van der Waals surface area contributed by atoms with E-state index in [2.05, 4.69) is 25.0 Å². The molecule has 102 valence electrons. The van der Waals surface area contributed by atoms with Crippen LogP contribution in [0.15, 0.2) is 0 Å². The average molecular weight is 272 g/mol. The van der Waals surface area contributed by atoms with E-state index in [0.717, 1.165) is 37.2 Å². The first-order valence-corrected chi connectivity index (χ1v) is 6.64. The Labute approximate surface area is 114 Å². The van der Waals surface area contributed by atoms with Crippen LogP contribution < -0.4 is 5.32 Å². The number of rotatable bonds is 2. The molecule has 1 fully saturated rings. The quantitative estimate of drug-likeness (QED) is 0.865. The van der Waals surface area contributed by atoms with Gasteiger partial charge in [-0.1, -0.05) is 0 Å². The second kappa shape index (κ2) is 5.99. The Bertz CT molecular complexity index is 386. The maximum absolute atomic E-state index is 4.49.